The number of methoxy groups -OCH3 is 1. The molecule has 2 heteroatoms. The van der Waals surface area contributed by atoms with Crippen LogP contribution in [0.25, 0.3) is 0 Å². The average Bonchev–Trinajstić information content (AvgIpc) is 3.30. The lowest BCUT2D eigenvalue weighted by Crippen LogP contribution is -2.49. The van der Waals surface area contributed by atoms with Gasteiger partial charge in [0.1, 0.15) is 12.0 Å². The largest absolute Gasteiger partial charge is 0.497 e. The minimum absolute atomic E-state index is 0.262. The van der Waals surface area contributed by atoms with Crippen LogP contribution in [-0.4, -0.2) is 13.4 Å². The van der Waals surface area contributed by atoms with Gasteiger partial charge >= 0.3 is 0 Å². The summed E-state index contributed by atoms with van der Waals surface area (Å²) in [6.07, 6.45) is 8.79. The first-order valence-corrected chi connectivity index (χ1v) is 10.2. The molecule has 0 amide bonds. The van der Waals surface area contributed by atoms with Crippen molar-refractivity contribution in [2.45, 2.75) is 58.3 Å². The second-order valence-electron chi connectivity index (χ2n) is 9.45. The summed E-state index contributed by atoms with van der Waals surface area (Å²) < 4.78 is 5.49. The van der Waals surface area contributed by atoms with Crippen LogP contribution in [-0.2, 0) is 11.2 Å². The molecule has 3 fully saturated rings. The monoisotopic (exact) mass is 338 g/mol. The van der Waals surface area contributed by atoms with Gasteiger partial charge in [0.15, 0.2) is 0 Å². The Morgan fingerprint density at radius 1 is 1.36 bits per heavy atom. The quantitative estimate of drug-likeness (QED) is 0.725. The molecule has 0 aliphatic heterocycles. The van der Waals surface area contributed by atoms with Crippen molar-refractivity contribution in [3.63, 3.8) is 0 Å². The number of aldehydes is 1. The van der Waals surface area contributed by atoms with Crippen molar-refractivity contribution in [1.29, 1.82) is 0 Å². The molecule has 0 heterocycles. The molecule has 0 aromatic heterocycles. The normalized spacial score (nSPS) is 46.4. The molecule has 1 spiro atoms. The molecule has 4 aliphatic carbocycles. The number of hydrogen-bond donors (Lipinski definition) is 0. The fourth-order valence-corrected chi connectivity index (χ4v) is 7.81. The number of ether oxygens (including phenoxy) is 1. The molecule has 25 heavy (non-hydrogen) atoms. The first-order chi connectivity index (χ1) is 12.1. The highest BCUT2D eigenvalue weighted by Crippen LogP contribution is 2.83. The standard InChI is InChI=1S/C23H30O2/c1-4-14-9-15-10-18(25-3)5-6-19(15)20-7-8-22(2)17(13-24)11-16-12-23(16,22)21(14)20/h5-6,10,13-14,16-17,20-21H,4,7-9,11-12H2,1-3H3/t14-,16+,17+,20-,21-,22-,23-/m1/s1. The molecule has 0 radical (unpaired) electrons. The molecular weight excluding hydrogens is 308 g/mol. The fraction of sp³-hybridized carbons (Fsp3) is 0.696. The molecule has 0 bridgehead atoms. The third-order valence-corrected chi connectivity index (χ3v) is 9.00. The maximum atomic E-state index is 11.8. The zero-order chi connectivity index (χ0) is 17.4. The van der Waals surface area contributed by atoms with Gasteiger partial charge in [-0.05, 0) is 89.9 Å². The summed E-state index contributed by atoms with van der Waals surface area (Å²) in [4.78, 5) is 11.8. The van der Waals surface area contributed by atoms with E-state index in [1.807, 2.05) is 0 Å². The van der Waals surface area contributed by atoms with Crippen LogP contribution >= 0.6 is 0 Å². The Kier molecular flexibility index (Phi) is 3.25. The van der Waals surface area contributed by atoms with Crippen LogP contribution in [0.15, 0.2) is 18.2 Å². The van der Waals surface area contributed by atoms with Crippen LogP contribution in [0.2, 0.25) is 0 Å². The summed E-state index contributed by atoms with van der Waals surface area (Å²) in [7, 11) is 1.77. The molecule has 0 unspecified atom stereocenters. The van der Waals surface area contributed by atoms with E-state index in [0.29, 0.717) is 17.3 Å². The second kappa shape index (κ2) is 5.11. The number of carbonyl (C=O) groups is 1. The highest BCUT2D eigenvalue weighted by Gasteiger charge is 2.77. The maximum Gasteiger partial charge on any atom is 0.123 e. The van der Waals surface area contributed by atoms with Gasteiger partial charge in [0.2, 0.25) is 0 Å². The maximum absolute atomic E-state index is 11.8. The summed E-state index contributed by atoms with van der Waals surface area (Å²) in [6, 6.07) is 6.79. The molecule has 1 aromatic carbocycles. The van der Waals surface area contributed by atoms with Crippen molar-refractivity contribution < 1.29 is 9.53 Å². The number of benzene rings is 1. The van der Waals surface area contributed by atoms with Gasteiger partial charge in [-0.1, -0.05) is 26.3 Å². The van der Waals surface area contributed by atoms with Crippen LogP contribution < -0.4 is 4.74 Å². The van der Waals surface area contributed by atoms with Crippen molar-refractivity contribution in [3.8, 4) is 5.75 Å². The fourth-order valence-electron chi connectivity index (χ4n) is 7.81. The van der Waals surface area contributed by atoms with Crippen molar-refractivity contribution >= 4 is 6.29 Å². The van der Waals surface area contributed by atoms with Crippen LogP contribution in [0.4, 0.5) is 0 Å². The minimum Gasteiger partial charge on any atom is -0.497 e. The van der Waals surface area contributed by atoms with Crippen molar-refractivity contribution in [3.05, 3.63) is 29.3 Å². The van der Waals surface area contributed by atoms with Crippen LogP contribution in [0, 0.1) is 34.5 Å². The smallest absolute Gasteiger partial charge is 0.123 e. The van der Waals surface area contributed by atoms with Gasteiger partial charge in [-0.15, -0.1) is 0 Å². The summed E-state index contributed by atoms with van der Waals surface area (Å²) in [5.74, 6) is 4.36. The van der Waals surface area contributed by atoms with E-state index in [-0.39, 0.29) is 5.41 Å². The molecule has 4 aliphatic rings. The first kappa shape index (κ1) is 15.9. The molecule has 0 saturated heterocycles. The SMILES string of the molecule is CC[C@@H]1Cc2cc(OC)ccc2[C@H]2CC[C@]3(C)[C@H](C=O)C[C@H]4C[C@]43[C@H]12. The summed E-state index contributed by atoms with van der Waals surface area (Å²) in [5.41, 5.74) is 3.83. The lowest BCUT2D eigenvalue weighted by atomic mass is 9.48. The third-order valence-electron chi connectivity index (χ3n) is 9.00. The highest BCUT2D eigenvalue weighted by molar-refractivity contribution is 5.59. The van der Waals surface area contributed by atoms with Gasteiger partial charge in [0.25, 0.3) is 0 Å². The topological polar surface area (TPSA) is 26.3 Å². The zero-order valence-electron chi connectivity index (χ0n) is 15.8. The van der Waals surface area contributed by atoms with Gasteiger partial charge in [-0.2, -0.15) is 0 Å². The Morgan fingerprint density at radius 3 is 2.92 bits per heavy atom. The van der Waals surface area contributed by atoms with Crippen LogP contribution in [0.5, 0.6) is 5.75 Å². The number of rotatable bonds is 3. The molecule has 2 nitrogen and oxygen atoms in total. The third kappa shape index (κ3) is 1.79. The Balaban J connectivity index is 1.61. The van der Waals surface area contributed by atoms with Crippen LogP contribution in [0.1, 0.15) is 63.0 Å². The molecule has 5 rings (SSSR count). The van der Waals surface area contributed by atoms with Crippen molar-refractivity contribution in [2.24, 2.45) is 34.5 Å². The molecule has 3 saturated carbocycles. The Labute approximate surface area is 151 Å². The van der Waals surface area contributed by atoms with E-state index in [1.54, 1.807) is 12.7 Å². The predicted octanol–water partition coefficient (Wildman–Crippen LogP) is 5.00. The van der Waals surface area contributed by atoms with E-state index in [1.165, 1.54) is 44.0 Å². The number of fused-ring (bicyclic) bond motifs is 3. The predicted molar refractivity (Wildman–Crippen MR) is 98.8 cm³/mol. The van der Waals surface area contributed by atoms with Gasteiger partial charge < -0.3 is 9.53 Å². The van der Waals surface area contributed by atoms with Gasteiger partial charge in [0.05, 0.1) is 7.11 Å². The Bertz CT molecular complexity index is 725. The molecule has 7 atom stereocenters. The summed E-state index contributed by atoms with van der Waals surface area (Å²) >= 11 is 0. The number of hydrogen-bond acceptors (Lipinski definition) is 2. The van der Waals surface area contributed by atoms with Gasteiger partial charge in [-0.25, -0.2) is 0 Å². The van der Waals surface area contributed by atoms with E-state index in [0.717, 1.165) is 29.9 Å². The Morgan fingerprint density at radius 2 is 2.20 bits per heavy atom. The van der Waals surface area contributed by atoms with Crippen LogP contribution in [0.3, 0.4) is 0 Å². The Hall–Kier alpha value is -1.31. The molecule has 0 N–H and O–H groups in total. The minimum atomic E-state index is 0.262. The van der Waals surface area contributed by atoms with E-state index in [4.69, 9.17) is 4.74 Å². The molecule has 1 aromatic rings. The first-order valence-electron chi connectivity index (χ1n) is 10.2. The summed E-state index contributed by atoms with van der Waals surface area (Å²) in [6.45, 7) is 4.84. The summed E-state index contributed by atoms with van der Waals surface area (Å²) in [5, 5.41) is 0. The molecule has 134 valence electrons. The van der Waals surface area contributed by atoms with Gasteiger partial charge in [-0.3, -0.25) is 0 Å². The van der Waals surface area contributed by atoms with Crippen molar-refractivity contribution in [2.75, 3.05) is 7.11 Å². The second-order valence-corrected chi connectivity index (χ2v) is 9.45. The molecular formula is C23H30O2. The zero-order valence-corrected chi connectivity index (χ0v) is 15.8. The number of carbonyl (C=O) groups excluding carboxylic acids is 1. The average molecular weight is 338 g/mol. The van der Waals surface area contributed by atoms with E-state index in [9.17, 15) is 4.79 Å². The van der Waals surface area contributed by atoms with E-state index >= 15 is 0 Å². The lowest BCUT2D eigenvalue weighted by molar-refractivity contribution is -0.119. The van der Waals surface area contributed by atoms with Gasteiger partial charge in [0, 0.05) is 5.92 Å². The highest BCUT2D eigenvalue weighted by atomic mass is 16.5. The van der Waals surface area contributed by atoms with E-state index < -0.39 is 0 Å². The van der Waals surface area contributed by atoms with E-state index in [2.05, 4.69) is 32.0 Å². The van der Waals surface area contributed by atoms with Crippen molar-refractivity contribution in [1.82, 2.24) is 0 Å². The lowest BCUT2D eigenvalue weighted by Gasteiger charge is -2.55.